The molecule has 0 spiro atoms. The van der Waals surface area contributed by atoms with Crippen molar-refractivity contribution in [3.8, 4) is 0 Å². The molecule has 5 heteroatoms. The third-order valence-corrected chi connectivity index (χ3v) is 2.44. The van der Waals surface area contributed by atoms with E-state index in [1.165, 1.54) is 0 Å². The Labute approximate surface area is 88.7 Å². The van der Waals surface area contributed by atoms with Crippen molar-refractivity contribution < 1.29 is 19.7 Å². The molecular weight excluding hydrogens is 198 g/mol. The van der Waals surface area contributed by atoms with Crippen LogP contribution in [-0.4, -0.2) is 48.1 Å². The molecule has 0 amide bonds. The minimum Gasteiger partial charge on any atom is -0.463 e. The molecular formula is C10H17NO4. The van der Waals surface area contributed by atoms with Crippen molar-refractivity contribution in [1.82, 2.24) is 5.32 Å². The summed E-state index contributed by atoms with van der Waals surface area (Å²) in [5.74, 6) is -0.427. The number of esters is 1. The number of nitrogens with one attached hydrogen (secondary N) is 1. The third kappa shape index (κ3) is 2.77. The Morgan fingerprint density at radius 2 is 2.33 bits per heavy atom. The summed E-state index contributed by atoms with van der Waals surface area (Å²) >= 11 is 0. The zero-order valence-electron chi connectivity index (χ0n) is 8.93. The Morgan fingerprint density at radius 1 is 1.67 bits per heavy atom. The van der Waals surface area contributed by atoms with Crippen LogP contribution >= 0.6 is 0 Å². The minimum absolute atomic E-state index is 0.137. The van der Waals surface area contributed by atoms with Gasteiger partial charge in [-0.1, -0.05) is 6.08 Å². The maximum atomic E-state index is 11.4. The topological polar surface area (TPSA) is 78.8 Å². The van der Waals surface area contributed by atoms with Crippen LogP contribution in [0.25, 0.3) is 0 Å². The third-order valence-electron chi connectivity index (χ3n) is 2.44. The van der Waals surface area contributed by atoms with E-state index in [9.17, 15) is 15.0 Å². The van der Waals surface area contributed by atoms with Gasteiger partial charge in [0, 0.05) is 12.0 Å². The van der Waals surface area contributed by atoms with Crippen molar-refractivity contribution in [1.29, 1.82) is 0 Å². The van der Waals surface area contributed by atoms with Crippen LogP contribution in [0.4, 0.5) is 0 Å². The van der Waals surface area contributed by atoms with E-state index in [4.69, 9.17) is 4.74 Å². The SMILES string of the molecule is CCOC(=O)C1=C[C@H](NC)[C@@H](O)[C@@H](O)C1. The number of hydrogen-bond donors (Lipinski definition) is 3. The zero-order valence-corrected chi connectivity index (χ0v) is 8.93. The van der Waals surface area contributed by atoms with Gasteiger partial charge in [0.15, 0.2) is 0 Å². The van der Waals surface area contributed by atoms with Gasteiger partial charge in [-0.25, -0.2) is 4.79 Å². The van der Waals surface area contributed by atoms with Crippen molar-refractivity contribution in [3.05, 3.63) is 11.6 Å². The molecule has 1 aliphatic carbocycles. The van der Waals surface area contributed by atoms with Crippen LogP contribution in [0.2, 0.25) is 0 Å². The van der Waals surface area contributed by atoms with E-state index in [0.29, 0.717) is 12.2 Å². The molecule has 1 aliphatic rings. The van der Waals surface area contributed by atoms with Gasteiger partial charge in [0.05, 0.1) is 24.9 Å². The highest BCUT2D eigenvalue weighted by molar-refractivity contribution is 5.88. The molecule has 0 aromatic heterocycles. The minimum atomic E-state index is -0.924. The average Bonchev–Trinajstić information content (AvgIpc) is 2.22. The monoisotopic (exact) mass is 215 g/mol. The lowest BCUT2D eigenvalue weighted by atomic mass is 9.90. The van der Waals surface area contributed by atoms with Crippen LogP contribution in [-0.2, 0) is 9.53 Å². The first kappa shape index (κ1) is 12.2. The number of aliphatic hydroxyl groups excluding tert-OH is 2. The lowest BCUT2D eigenvalue weighted by Gasteiger charge is -2.29. The predicted octanol–water partition coefficient (Wildman–Crippen LogP) is -0.811. The van der Waals surface area contributed by atoms with Gasteiger partial charge in [0.1, 0.15) is 0 Å². The summed E-state index contributed by atoms with van der Waals surface area (Å²) in [5, 5.41) is 21.9. The van der Waals surface area contributed by atoms with E-state index in [-0.39, 0.29) is 6.42 Å². The van der Waals surface area contributed by atoms with E-state index in [2.05, 4.69) is 5.32 Å². The Balaban J connectivity index is 2.77. The number of aliphatic hydroxyl groups is 2. The molecule has 0 bridgehead atoms. The van der Waals surface area contributed by atoms with E-state index < -0.39 is 24.2 Å². The van der Waals surface area contributed by atoms with Crippen molar-refractivity contribution in [3.63, 3.8) is 0 Å². The van der Waals surface area contributed by atoms with Crippen LogP contribution in [0, 0.1) is 0 Å². The van der Waals surface area contributed by atoms with Gasteiger partial charge in [-0.15, -0.1) is 0 Å². The number of hydrogen-bond acceptors (Lipinski definition) is 5. The molecule has 1 rings (SSSR count). The highest BCUT2D eigenvalue weighted by Gasteiger charge is 2.32. The Bertz CT molecular complexity index is 264. The molecule has 3 N–H and O–H groups in total. The number of carbonyl (C=O) groups is 1. The van der Waals surface area contributed by atoms with Crippen molar-refractivity contribution in [2.75, 3.05) is 13.7 Å². The zero-order chi connectivity index (χ0) is 11.4. The first-order chi connectivity index (χ1) is 7.10. The van der Waals surface area contributed by atoms with Crippen LogP contribution in [0.1, 0.15) is 13.3 Å². The normalized spacial score (nSPS) is 30.9. The van der Waals surface area contributed by atoms with E-state index in [0.717, 1.165) is 0 Å². The largest absolute Gasteiger partial charge is 0.463 e. The molecule has 0 aromatic rings. The molecule has 86 valence electrons. The molecule has 0 radical (unpaired) electrons. The summed E-state index contributed by atoms with van der Waals surface area (Å²) in [7, 11) is 1.66. The quantitative estimate of drug-likeness (QED) is 0.537. The Hall–Kier alpha value is -0.910. The van der Waals surface area contributed by atoms with Crippen LogP contribution < -0.4 is 5.32 Å². The van der Waals surface area contributed by atoms with Crippen molar-refractivity contribution in [2.24, 2.45) is 0 Å². The summed E-state index contributed by atoms with van der Waals surface area (Å²) in [5.41, 5.74) is 0.411. The fourth-order valence-electron chi connectivity index (χ4n) is 1.60. The fraction of sp³-hybridized carbons (Fsp3) is 0.700. The summed E-state index contributed by atoms with van der Waals surface area (Å²) in [6, 6.07) is -0.409. The van der Waals surface area contributed by atoms with Gasteiger partial charge in [-0.05, 0) is 14.0 Å². The molecule has 0 heterocycles. The number of rotatable bonds is 3. The van der Waals surface area contributed by atoms with Gasteiger partial charge in [0.2, 0.25) is 0 Å². The van der Waals surface area contributed by atoms with Crippen LogP contribution in [0.3, 0.4) is 0 Å². The maximum Gasteiger partial charge on any atom is 0.333 e. The highest BCUT2D eigenvalue weighted by atomic mass is 16.5. The molecule has 0 unspecified atom stereocenters. The summed E-state index contributed by atoms with van der Waals surface area (Å²) < 4.78 is 4.83. The lowest BCUT2D eigenvalue weighted by Crippen LogP contribution is -2.47. The second kappa shape index (κ2) is 5.25. The van der Waals surface area contributed by atoms with Crippen LogP contribution in [0.5, 0.6) is 0 Å². The smallest absolute Gasteiger partial charge is 0.333 e. The van der Waals surface area contributed by atoms with Crippen LogP contribution in [0.15, 0.2) is 11.6 Å². The molecule has 0 aliphatic heterocycles. The first-order valence-electron chi connectivity index (χ1n) is 5.01. The molecule has 0 fully saturated rings. The number of likely N-dealkylation sites (N-methyl/N-ethyl adjacent to an activating group) is 1. The van der Waals surface area contributed by atoms with Gasteiger partial charge in [-0.3, -0.25) is 0 Å². The maximum absolute atomic E-state index is 11.4. The second-order valence-electron chi connectivity index (χ2n) is 3.49. The summed E-state index contributed by atoms with van der Waals surface area (Å²) in [6.07, 6.45) is -0.0619. The van der Waals surface area contributed by atoms with E-state index >= 15 is 0 Å². The van der Waals surface area contributed by atoms with E-state index in [1.807, 2.05) is 0 Å². The van der Waals surface area contributed by atoms with Gasteiger partial charge >= 0.3 is 5.97 Å². The predicted molar refractivity (Wildman–Crippen MR) is 54.2 cm³/mol. The number of ether oxygens (including phenoxy) is 1. The standard InChI is InChI=1S/C10H17NO4/c1-3-15-10(14)6-4-7(11-2)9(13)8(12)5-6/h4,7-9,11-13H,3,5H2,1-2H3/t7-,8-,9+/m0/s1. The summed E-state index contributed by atoms with van der Waals surface area (Å²) in [4.78, 5) is 11.4. The Morgan fingerprint density at radius 3 is 2.87 bits per heavy atom. The second-order valence-corrected chi connectivity index (χ2v) is 3.49. The molecule has 0 saturated heterocycles. The molecule has 5 nitrogen and oxygen atoms in total. The van der Waals surface area contributed by atoms with Gasteiger partial charge in [-0.2, -0.15) is 0 Å². The summed E-state index contributed by atoms with van der Waals surface area (Å²) in [6.45, 7) is 2.03. The van der Waals surface area contributed by atoms with E-state index in [1.54, 1.807) is 20.0 Å². The Kier molecular flexibility index (Phi) is 4.26. The van der Waals surface area contributed by atoms with Gasteiger partial charge in [0.25, 0.3) is 0 Å². The molecule has 3 atom stereocenters. The number of carbonyl (C=O) groups excluding carboxylic acids is 1. The van der Waals surface area contributed by atoms with Crippen molar-refractivity contribution in [2.45, 2.75) is 31.6 Å². The van der Waals surface area contributed by atoms with Crippen molar-refractivity contribution >= 4 is 5.97 Å². The average molecular weight is 215 g/mol. The lowest BCUT2D eigenvalue weighted by molar-refractivity contribution is -0.139. The molecule has 0 aromatic carbocycles. The first-order valence-corrected chi connectivity index (χ1v) is 5.01. The fourth-order valence-corrected chi connectivity index (χ4v) is 1.60. The molecule has 0 saturated carbocycles. The highest BCUT2D eigenvalue weighted by Crippen LogP contribution is 2.20. The molecule has 15 heavy (non-hydrogen) atoms. The van der Waals surface area contributed by atoms with Gasteiger partial charge < -0.3 is 20.3 Å².